The molecule has 2 heterocycles. The van der Waals surface area contributed by atoms with E-state index < -0.39 is 0 Å². The lowest BCUT2D eigenvalue weighted by atomic mass is 10.0. The highest BCUT2D eigenvalue weighted by Gasteiger charge is 2.15. The van der Waals surface area contributed by atoms with Crippen molar-refractivity contribution in [2.45, 2.75) is 0 Å². The summed E-state index contributed by atoms with van der Waals surface area (Å²) in [7, 11) is 1.67. The molecule has 0 fully saturated rings. The van der Waals surface area contributed by atoms with Crippen LogP contribution in [0.1, 0.15) is 0 Å². The molecule has 4 aromatic rings. The van der Waals surface area contributed by atoms with Crippen LogP contribution in [0.5, 0.6) is 5.75 Å². The third kappa shape index (κ3) is 4.12. The molecule has 4 rings (SSSR count). The van der Waals surface area contributed by atoms with Crippen LogP contribution in [0.25, 0.3) is 28.1 Å². The molecule has 0 saturated carbocycles. The number of hydrogen-bond donors (Lipinski definition) is 2. The van der Waals surface area contributed by atoms with Gasteiger partial charge in [-0.3, -0.25) is 0 Å². The number of hydrogen-bond acceptors (Lipinski definition) is 5. The predicted molar refractivity (Wildman–Crippen MR) is 116 cm³/mol. The molecule has 29 heavy (non-hydrogen) atoms. The fourth-order valence-corrected chi connectivity index (χ4v) is 3.18. The molecular weight excluding hydrogens is 362 g/mol. The summed E-state index contributed by atoms with van der Waals surface area (Å²) in [6.07, 6.45) is 3.84. The Kier molecular flexibility index (Phi) is 5.54. The third-order valence-electron chi connectivity index (χ3n) is 4.60. The summed E-state index contributed by atoms with van der Waals surface area (Å²) in [4.78, 5) is 4.38. The molecule has 146 valence electrons. The number of ether oxygens (including phenoxy) is 1. The Morgan fingerprint density at radius 2 is 1.86 bits per heavy atom. The second-order valence-corrected chi connectivity index (χ2v) is 6.55. The summed E-state index contributed by atoms with van der Waals surface area (Å²) < 4.78 is 7.31. The molecule has 0 aliphatic carbocycles. The van der Waals surface area contributed by atoms with Crippen molar-refractivity contribution in [3.63, 3.8) is 0 Å². The maximum Gasteiger partial charge on any atom is 0.126 e. The van der Waals surface area contributed by atoms with Crippen LogP contribution >= 0.6 is 0 Å². The van der Waals surface area contributed by atoms with Gasteiger partial charge in [0.2, 0.25) is 0 Å². The summed E-state index contributed by atoms with van der Waals surface area (Å²) >= 11 is 0. The number of methoxy groups -OCH3 is 1. The molecule has 2 aromatic heterocycles. The highest BCUT2D eigenvalue weighted by Crippen LogP contribution is 2.34. The minimum atomic E-state index is 0.549. The highest BCUT2D eigenvalue weighted by atomic mass is 16.5. The van der Waals surface area contributed by atoms with Crippen LogP contribution in [0.3, 0.4) is 0 Å². The van der Waals surface area contributed by atoms with Gasteiger partial charge in [0, 0.05) is 36.6 Å². The molecule has 3 N–H and O–H groups in total. The Morgan fingerprint density at radius 1 is 1.00 bits per heavy atom. The number of rotatable bonds is 7. The van der Waals surface area contributed by atoms with E-state index in [0.717, 1.165) is 39.6 Å². The van der Waals surface area contributed by atoms with Gasteiger partial charge < -0.3 is 15.8 Å². The van der Waals surface area contributed by atoms with E-state index in [0.29, 0.717) is 13.1 Å². The van der Waals surface area contributed by atoms with Crippen molar-refractivity contribution in [2.75, 3.05) is 25.5 Å². The molecule has 0 unspecified atom stereocenters. The molecule has 0 aliphatic rings. The fraction of sp³-hybridized carbons (Fsp3) is 0.130. The van der Waals surface area contributed by atoms with Crippen LogP contribution in [0.2, 0.25) is 0 Å². The number of pyridine rings is 1. The van der Waals surface area contributed by atoms with Crippen LogP contribution < -0.4 is 15.8 Å². The number of anilines is 1. The highest BCUT2D eigenvalue weighted by molar-refractivity contribution is 5.82. The number of benzene rings is 2. The van der Waals surface area contributed by atoms with Gasteiger partial charge in [-0.1, -0.05) is 30.3 Å². The Morgan fingerprint density at radius 3 is 2.66 bits per heavy atom. The molecule has 0 saturated heterocycles. The predicted octanol–water partition coefficient (Wildman–Crippen LogP) is 3.98. The first kappa shape index (κ1) is 18.7. The molecule has 6 nitrogen and oxygen atoms in total. The minimum absolute atomic E-state index is 0.549. The second kappa shape index (κ2) is 8.58. The van der Waals surface area contributed by atoms with E-state index in [9.17, 15) is 0 Å². The zero-order chi connectivity index (χ0) is 20.1. The fourth-order valence-electron chi connectivity index (χ4n) is 3.18. The average Bonchev–Trinajstić information content (AvgIpc) is 3.24. The smallest absolute Gasteiger partial charge is 0.126 e. The van der Waals surface area contributed by atoms with E-state index in [1.807, 2.05) is 77.6 Å². The monoisotopic (exact) mass is 385 g/mol. The van der Waals surface area contributed by atoms with Gasteiger partial charge in [0.05, 0.1) is 12.8 Å². The quantitative estimate of drug-likeness (QED) is 0.503. The second-order valence-electron chi connectivity index (χ2n) is 6.55. The zero-order valence-electron chi connectivity index (χ0n) is 16.2. The first-order valence-electron chi connectivity index (χ1n) is 9.48. The third-order valence-corrected chi connectivity index (χ3v) is 4.60. The van der Waals surface area contributed by atoms with Crippen molar-refractivity contribution >= 4 is 5.82 Å². The molecule has 0 amide bonds. The lowest BCUT2D eigenvalue weighted by Gasteiger charge is -2.07. The van der Waals surface area contributed by atoms with Gasteiger partial charge >= 0.3 is 0 Å². The summed E-state index contributed by atoms with van der Waals surface area (Å²) in [5, 5.41) is 8.13. The normalized spacial score (nSPS) is 10.7. The summed E-state index contributed by atoms with van der Waals surface area (Å²) in [5.41, 5.74) is 10.5. The van der Waals surface area contributed by atoms with Gasteiger partial charge in [0.15, 0.2) is 0 Å². The summed E-state index contributed by atoms with van der Waals surface area (Å²) in [6.45, 7) is 1.22. The maximum absolute atomic E-state index is 5.61. The number of nitrogens with one attached hydrogen (secondary N) is 1. The van der Waals surface area contributed by atoms with Crippen molar-refractivity contribution in [3.8, 4) is 33.8 Å². The zero-order valence-corrected chi connectivity index (χ0v) is 16.2. The molecule has 0 aliphatic heterocycles. The standard InChI is InChI=1S/C23H23N5O/c1-29-20-9-5-6-18(14-20)23-21(16-28(27-23)19-7-3-2-4-8-19)17-10-12-25-22(15-17)26-13-11-24/h2-10,12,14-16H,11,13,24H2,1H3,(H,25,26). The Bertz CT molecular complexity index is 1090. The Labute approximate surface area is 170 Å². The van der Waals surface area contributed by atoms with Crippen LogP contribution in [0.4, 0.5) is 5.82 Å². The maximum atomic E-state index is 5.61. The van der Waals surface area contributed by atoms with E-state index in [2.05, 4.69) is 10.3 Å². The first-order chi connectivity index (χ1) is 14.3. The molecule has 0 atom stereocenters. The van der Waals surface area contributed by atoms with Crippen molar-refractivity contribution in [1.29, 1.82) is 0 Å². The number of aromatic nitrogens is 3. The molecule has 0 bridgehead atoms. The number of nitrogens with zero attached hydrogens (tertiary/aromatic N) is 3. The van der Waals surface area contributed by atoms with Crippen molar-refractivity contribution in [1.82, 2.24) is 14.8 Å². The van der Waals surface area contributed by atoms with Gasteiger partial charge in [-0.25, -0.2) is 9.67 Å². The van der Waals surface area contributed by atoms with E-state index >= 15 is 0 Å². The van der Waals surface area contributed by atoms with Gasteiger partial charge in [0.25, 0.3) is 0 Å². The van der Waals surface area contributed by atoms with E-state index in [1.165, 1.54) is 0 Å². The SMILES string of the molecule is COc1cccc(-c2nn(-c3ccccc3)cc2-c2ccnc(NCCN)c2)c1. The van der Waals surface area contributed by atoms with Crippen molar-refractivity contribution in [2.24, 2.45) is 5.73 Å². The Hall–Kier alpha value is -3.64. The Balaban J connectivity index is 1.84. The van der Waals surface area contributed by atoms with Crippen molar-refractivity contribution < 1.29 is 4.74 Å². The average molecular weight is 385 g/mol. The van der Waals surface area contributed by atoms with E-state index in [1.54, 1.807) is 13.3 Å². The van der Waals surface area contributed by atoms with Gasteiger partial charge in [-0.05, 0) is 42.0 Å². The van der Waals surface area contributed by atoms with Gasteiger partial charge in [-0.15, -0.1) is 0 Å². The minimum Gasteiger partial charge on any atom is -0.497 e. The topological polar surface area (TPSA) is 78.0 Å². The van der Waals surface area contributed by atoms with Gasteiger partial charge in [0.1, 0.15) is 17.3 Å². The lowest BCUT2D eigenvalue weighted by Crippen LogP contribution is -2.13. The molecule has 2 aromatic carbocycles. The van der Waals surface area contributed by atoms with E-state index in [-0.39, 0.29) is 0 Å². The molecule has 0 radical (unpaired) electrons. The molecule has 6 heteroatoms. The van der Waals surface area contributed by atoms with Gasteiger partial charge in [-0.2, -0.15) is 5.10 Å². The molecule has 0 spiro atoms. The first-order valence-corrected chi connectivity index (χ1v) is 9.48. The number of para-hydroxylation sites is 1. The van der Waals surface area contributed by atoms with Crippen LogP contribution in [0, 0.1) is 0 Å². The lowest BCUT2D eigenvalue weighted by molar-refractivity contribution is 0.415. The number of nitrogens with two attached hydrogens (primary N) is 1. The van der Waals surface area contributed by atoms with Crippen LogP contribution in [-0.4, -0.2) is 35.0 Å². The summed E-state index contributed by atoms with van der Waals surface area (Å²) in [5.74, 6) is 1.58. The van der Waals surface area contributed by atoms with E-state index in [4.69, 9.17) is 15.6 Å². The summed E-state index contributed by atoms with van der Waals surface area (Å²) in [6, 6.07) is 22.0. The van der Waals surface area contributed by atoms with Crippen LogP contribution in [-0.2, 0) is 0 Å². The molecular formula is C23H23N5O. The van der Waals surface area contributed by atoms with Crippen LogP contribution in [0.15, 0.2) is 79.1 Å². The van der Waals surface area contributed by atoms with Crippen molar-refractivity contribution in [3.05, 3.63) is 79.1 Å². The largest absolute Gasteiger partial charge is 0.497 e.